The van der Waals surface area contributed by atoms with Gasteiger partial charge in [0.25, 0.3) is 0 Å². The van der Waals surface area contributed by atoms with E-state index < -0.39 is 0 Å². The normalized spacial score (nSPS) is 24.0. The first-order chi connectivity index (χ1) is 9.31. The summed E-state index contributed by atoms with van der Waals surface area (Å²) in [5.41, 5.74) is 2.37. The lowest BCUT2D eigenvalue weighted by Crippen LogP contribution is -2.41. The van der Waals surface area contributed by atoms with Gasteiger partial charge in [-0.25, -0.2) is 4.98 Å². The van der Waals surface area contributed by atoms with Gasteiger partial charge in [-0.1, -0.05) is 27.7 Å². The molecule has 0 radical (unpaired) electrons. The van der Waals surface area contributed by atoms with Gasteiger partial charge < -0.3 is 4.90 Å². The van der Waals surface area contributed by atoms with Crippen LogP contribution in [-0.2, 0) is 11.3 Å². The second kappa shape index (κ2) is 5.93. The molecule has 0 saturated carbocycles. The highest BCUT2D eigenvalue weighted by atomic mass is 35.5. The van der Waals surface area contributed by atoms with Gasteiger partial charge in [-0.15, -0.1) is 11.6 Å². The Morgan fingerprint density at radius 3 is 2.55 bits per heavy atom. The fraction of sp³-hybridized carbons (Fsp3) is 0.706. The van der Waals surface area contributed by atoms with Crippen LogP contribution in [0, 0.1) is 5.92 Å². The van der Waals surface area contributed by atoms with Crippen molar-refractivity contribution >= 4 is 17.4 Å². The number of nitrogens with zero attached hydrogens (tertiary/aromatic N) is 2. The first-order valence-corrected chi connectivity index (χ1v) is 8.18. The molecule has 0 aromatic carbocycles. The molecule has 0 aliphatic carbocycles. The molecule has 20 heavy (non-hydrogen) atoms. The quantitative estimate of drug-likeness (QED) is 0.732. The van der Waals surface area contributed by atoms with E-state index in [1.165, 1.54) is 18.4 Å². The van der Waals surface area contributed by atoms with E-state index in [0.717, 1.165) is 24.0 Å². The highest BCUT2D eigenvalue weighted by Gasteiger charge is 2.25. The lowest BCUT2D eigenvalue weighted by Gasteiger charge is -2.38. The maximum atomic E-state index is 6.07. The average molecular weight is 295 g/mol. The summed E-state index contributed by atoms with van der Waals surface area (Å²) in [4.78, 5) is 7.37. The molecule has 1 fully saturated rings. The third kappa shape index (κ3) is 3.46. The molecule has 1 aliphatic rings. The lowest BCUT2D eigenvalue weighted by atomic mass is 9.90. The van der Waals surface area contributed by atoms with Gasteiger partial charge in [0.05, 0.1) is 0 Å². The highest BCUT2D eigenvalue weighted by Crippen LogP contribution is 2.30. The van der Waals surface area contributed by atoms with E-state index in [1.807, 2.05) is 0 Å². The molecule has 1 aromatic rings. The summed E-state index contributed by atoms with van der Waals surface area (Å²) in [6.45, 7) is 12.4. The number of pyridine rings is 1. The summed E-state index contributed by atoms with van der Waals surface area (Å²) in [7, 11) is 0. The molecular formula is C17H27ClN2. The van der Waals surface area contributed by atoms with E-state index in [1.54, 1.807) is 0 Å². The minimum absolute atomic E-state index is 0.0587. The van der Waals surface area contributed by atoms with E-state index in [-0.39, 0.29) is 5.41 Å². The molecule has 1 aliphatic heterocycles. The summed E-state index contributed by atoms with van der Waals surface area (Å²) in [6.07, 6.45) is 2.50. The van der Waals surface area contributed by atoms with Gasteiger partial charge in [0.2, 0.25) is 0 Å². The van der Waals surface area contributed by atoms with Crippen LogP contribution in [0.15, 0.2) is 12.1 Å². The van der Waals surface area contributed by atoms with Crippen LogP contribution >= 0.6 is 11.6 Å². The molecule has 2 heterocycles. The van der Waals surface area contributed by atoms with Crippen LogP contribution in [-0.4, -0.2) is 17.6 Å². The largest absolute Gasteiger partial charge is 0.354 e. The number of aromatic nitrogens is 1. The molecule has 2 nitrogen and oxygen atoms in total. The van der Waals surface area contributed by atoms with Crippen molar-refractivity contribution in [3.8, 4) is 0 Å². The van der Waals surface area contributed by atoms with Crippen LogP contribution in [0.2, 0.25) is 0 Å². The Bertz CT molecular complexity index is 465. The molecule has 0 bridgehead atoms. The molecule has 0 amide bonds. The molecule has 112 valence electrons. The van der Waals surface area contributed by atoms with Crippen LogP contribution in [0.3, 0.4) is 0 Å². The molecule has 0 spiro atoms. The van der Waals surface area contributed by atoms with Crippen LogP contribution in [0.25, 0.3) is 0 Å². The van der Waals surface area contributed by atoms with Crippen LogP contribution < -0.4 is 4.90 Å². The van der Waals surface area contributed by atoms with Crippen molar-refractivity contribution in [2.45, 2.75) is 64.8 Å². The predicted octanol–water partition coefficient (Wildman–Crippen LogP) is 4.74. The Hall–Kier alpha value is -0.760. The van der Waals surface area contributed by atoms with Crippen molar-refractivity contribution < 1.29 is 0 Å². The molecule has 2 unspecified atom stereocenters. The molecular weight excluding hydrogens is 268 g/mol. The zero-order valence-electron chi connectivity index (χ0n) is 13.4. The summed E-state index contributed by atoms with van der Waals surface area (Å²) in [6, 6.07) is 4.87. The van der Waals surface area contributed by atoms with E-state index in [0.29, 0.717) is 11.9 Å². The second-order valence-corrected chi connectivity index (χ2v) is 7.54. The summed E-state index contributed by atoms with van der Waals surface area (Å²) >= 11 is 6.07. The van der Waals surface area contributed by atoms with Crippen LogP contribution in [0.1, 0.15) is 58.7 Å². The predicted molar refractivity (Wildman–Crippen MR) is 87.7 cm³/mol. The van der Waals surface area contributed by atoms with Crippen molar-refractivity contribution in [2.75, 3.05) is 11.4 Å². The minimum Gasteiger partial charge on any atom is -0.354 e. The Balaban J connectivity index is 2.36. The first kappa shape index (κ1) is 15.6. The van der Waals surface area contributed by atoms with Gasteiger partial charge in [-0.2, -0.15) is 0 Å². The minimum atomic E-state index is 0.0587. The van der Waals surface area contributed by atoms with Crippen molar-refractivity contribution in [3.63, 3.8) is 0 Å². The van der Waals surface area contributed by atoms with Gasteiger partial charge in [-0.3, -0.25) is 0 Å². The lowest BCUT2D eigenvalue weighted by molar-refractivity contribution is 0.375. The third-order valence-electron chi connectivity index (χ3n) is 4.23. The van der Waals surface area contributed by atoms with E-state index in [4.69, 9.17) is 16.6 Å². The number of anilines is 1. The van der Waals surface area contributed by atoms with Gasteiger partial charge in [-0.05, 0) is 43.4 Å². The number of rotatable bonds is 2. The standard InChI is InChI=1S/C17H27ClN2/c1-12-6-7-20(13(2)8-12)16-10-14(11-18)9-15(19-16)17(3,4)5/h9-10,12-13H,6-8,11H2,1-5H3. The number of hydrogen-bond donors (Lipinski definition) is 0. The fourth-order valence-electron chi connectivity index (χ4n) is 2.93. The Morgan fingerprint density at radius 2 is 2.00 bits per heavy atom. The van der Waals surface area contributed by atoms with Crippen molar-refractivity contribution in [1.82, 2.24) is 4.98 Å². The van der Waals surface area contributed by atoms with Gasteiger partial charge >= 0.3 is 0 Å². The molecule has 1 saturated heterocycles. The maximum Gasteiger partial charge on any atom is 0.129 e. The van der Waals surface area contributed by atoms with Gasteiger partial charge in [0, 0.05) is 29.6 Å². The zero-order valence-corrected chi connectivity index (χ0v) is 14.2. The Kier molecular flexibility index (Phi) is 4.63. The van der Waals surface area contributed by atoms with Crippen LogP contribution in [0.4, 0.5) is 5.82 Å². The zero-order chi connectivity index (χ0) is 14.9. The fourth-order valence-corrected chi connectivity index (χ4v) is 3.08. The number of piperidine rings is 1. The summed E-state index contributed by atoms with van der Waals surface area (Å²) < 4.78 is 0. The van der Waals surface area contributed by atoms with Crippen molar-refractivity contribution in [3.05, 3.63) is 23.4 Å². The van der Waals surface area contributed by atoms with E-state index >= 15 is 0 Å². The monoisotopic (exact) mass is 294 g/mol. The molecule has 1 aromatic heterocycles. The van der Waals surface area contributed by atoms with Gasteiger partial charge in [0.1, 0.15) is 5.82 Å². The molecule has 0 N–H and O–H groups in total. The molecule has 2 atom stereocenters. The second-order valence-electron chi connectivity index (χ2n) is 7.27. The maximum absolute atomic E-state index is 6.07. The Labute approximate surface area is 128 Å². The number of hydrogen-bond acceptors (Lipinski definition) is 2. The average Bonchev–Trinajstić information content (AvgIpc) is 2.37. The van der Waals surface area contributed by atoms with E-state index in [9.17, 15) is 0 Å². The SMILES string of the molecule is CC1CCN(c2cc(CCl)cc(C(C)(C)C)n2)C(C)C1. The van der Waals surface area contributed by atoms with Crippen molar-refractivity contribution in [1.29, 1.82) is 0 Å². The van der Waals surface area contributed by atoms with Crippen LogP contribution in [0.5, 0.6) is 0 Å². The van der Waals surface area contributed by atoms with Gasteiger partial charge in [0.15, 0.2) is 0 Å². The molecule has 3 heteroatoms. The first-order valence-electron chi connectivity index (χ1n) is 7.65. The highest BCUT2D eigenvalue weighted by molar-refractivity contribution is 6.17. The topological polar surface area (TPSA) is 16.1 Å². The Morgan fingerprint density at radius 1 is 1.30 bits per heavy atom. The molecule has 2 rings (SSSR count). The number of halogens is 1. The third-order valence-corrected chi connectivity index (χ3v) is 4.54. The summed E-state index contributed by atoms with van der Waals surface area (Å²) in [5.74, 6) is 2.48. The summed E-state index contributed by atoms with van der Waals surface area (Å²) in [5, 5.41) is 0. The van der Waals surface area contributed by atoms with E-state index in [2.05, 4.69) is 51.7 Å². The smallest absolute Gasteiger partial charge is 0.129 e. The number of alkyl halides is 1. The van der Waals surface area contributed by atoms with Crippen molar-refractivity contribution in [2.24, 2.45) is 5.92 Å².